The van der Waals surface area contributed by atoms with Gasteiger partial charge in [0.15, 0.2) is 0 Å². The highest BCUT2D eigenvalue weighted by Gasteiger charge is 2.15. The van der Waals surface area contributed by atoms with E-state index in [1.807, 2.05) is 18.2 Å². The lowest BCUT2D eigenvalue weighted by Gasteiger charge is -2.19. The third kappa shape index (κ3) is 3.73. The fourth-order valence-electron chi connectivity index (χ4n) is 2.20. The zero-order valence-corrected chi connectivity index (χ0v) is 11.2. The standard InChI is InChI=1S/C16H21NO/c1-13-8-10-16(11-9-13)14(2)17-18-12-15-6-4-3-5-7-15/h3-8,16H,9-12H2,1-2H3/b17-14+. The lowest BCUT2D eigenvalue weighted by atomic mass is 9.87. The van der Waals surface area contributed by atoms with Crippen LogP contribution in [0.15, 0.2) is 47.1 Å². The van der Waals surface area contributed by atoms with E-state index in [9.17, 15) is 0 Å². The van der Waals surface area contributed by atoms with Gasteiger partial charge >= 0.3 is 0 Å². The summed E-state index contributed by atoms with van der Waals surface area (Å²) < 4.78 is 0. The second kappa shape index (κ2) is 6.39. The summed E-state index contributed by atoms with van der Waals surface area (Å²) in [5, 5.41) is 4.26. The molecule has 18 heavy (non-hydrogen) atoms. The molecule has 0 saturated carbocycles. The number of oxime groups is 1. The molecular formula is C16H21NO. The van der Waals surface area contributed by atoms with E-state index in [2.05, 4.69) is 37.2 Å². The summed E-state index contributed by atoms with van der Waals surface area (Å²) in [5.74, 6) is 0.560. The average Bonchev–Trinajstić information content (AvgIpc) is 2.40. The summed E-state index contributed by atoms with van der Waals surface area (Å²) >= 11 is 0. The number of allylic oxidation sites excluding steroid dienone is 2. The Hall–Kier alpha value is -1.57. The predicted molar refractivity (Wildman–Crippen MR) is 75.4 cm³/mol. The Bertz CT molecular complexity index is 434. The van der Waals surface area contributed by atoms with Crippen LogP contribution in [0.1, 0.15) is 38.7 Å². The van der Waals surface area contributed by atoms with Crippen LogP contribution in [-0.4, -0.2) is 5.71 Å². The van der Waals surface area contributed by atoms with Gasteiger partial charge in [0.1, 0.15) is 6.61 Å². The Morgan fingerprint density at radius 3 is 2.78 bits per heavy atom. The van der Waals surface area contributed by atoms with Crippen LogP contribution in [0.3, 0.4) is 0 Å². The van der Waals surface area contributed by atoms with Gasteiger partial charge < -0.3 is 4.84 Å². The van der Waals surface area contributed by atoms with E-state index >= 15 is 0 Å². The summed E-state index contributed by atoms with van der Waals surface area (Å²) in [4.78, 5) is 5.43. The molecule has 1 aromatic carbocycles. The van der Waals surface area contributed by atoms with E-state index < -0.39 is 0 Å². The molecule has 2 nitrogen and oxygen atoms in total. The quantitative estimate of drug-likeness (QED) is 0.438. The third-order valence-corrected chi connectivity index (χ3v) is 3.51. The van der Waals surface area contributed by atoms with Gasteiger partial charge in [-0.1, -0.05) is 47.1 Å². The molecule has 2 heteroatoms. The maximum absolute atomic E-state index is 5.43. The van der Waals surface area contributed by atoms with Crippen LogP contribution < -0.4 is 0 Å². The summed E-state index contributed by atoms with van der Waals surface area (Å²) in [7, 11) is 0. The van der Waals surface area contributed by atoms with Gasteiger partial charge in [-0.25, -0.2) is 0 Å². The molecule has 0 bridgehead atoms. The smallest absolute Gasteiger partial charge is 0.142 e. The van der Waals surface area contributed by atoms with Crippen LogP contribution in [0.4, 0.5) is 0 Å². The number of rotatable bonds is 4. The van der Waals surface area contributed by atoms with E-state index in [1.54, 1.807) is 0 Å². The average molecular weight is 243 g/mol. The SMILES string of the molecule is CC1=CCC(/C(C)=N/OCc2ccccc2)CC1. The van der Waals surface area contributed by atoms with Crippen LogP contribution in [0.5, 0.6) is 0 Å². The lowest BCUT2D eigenvalue weighted by Crippen LogP contribution is -2.14. The van der Waals surface area contributed by atoms with Gasteiger partial charge in [0, 0.05) is 5.92 Å². The van der Waals surface area contributed by atoms with Crippen molar-refractivity contribution in [3.8, 4) is 0 Å². The minimum Gasteiger partial charge on any atom is -0.391 e. The highest BCUT2D eigenvalue weighted by molar-refractivity contribution is 5.84. The van der Waals surface area contributed by atoms with E-state index in [-0.39, 0.29) is 0 Å². The maximum Gasteiger partial charge on any atom is 0.142 e. The third-order valence-electron chi connectivity index (χ3n) is 3.51. The van der Waals surface area contributed by atoms with Gasteiger partial charge in [-0.3, -0.25) is 0 Å². The van der Waals surface area contributed by atoms with Gasteiger partial charge in [0.25, 0.3) is 0 Å². The first-order valence-electron chi connectivity index (χ1n) is 6.61. The van der Waals surface area contributed by atoms with Crippen molar-refractivity contribution in [2.45, 2.75) is 39.7 Å². The van der Waals surface area contributed by atoms with Gasteiger partial charge in [-0.2, -0.15) is 0 Å². The zero-order valence-electron chi connectivity index (χ0n) is 11.2. The van der Waals surface area contributed by atoms with E-state index in [0.717, 1.165) is 17.7 Å². The molecule has 0 heterocycles. The van der Waals surface area contributed by atoms with Crippen molar-refractivity contribution < 1.29 is 4.84 Å². The largest absolute Gasteiger partial charge is 0.391 e. The lowest BCUT2D eigenvalue weighted by molar-refractivity contribution is 0.128. The molecule has 0 saturated heterocycles. The molecule has 1 atom stereocenters. The van der Waals surface area contributed by atoms with Crippen LogP contribution >= 0.6 is 0 Å². The molecule has 1 aliphatic rings. The fraction of sp³-hybridized carbons (Fsp3) is 0.438. The molecule has 1 unspecified atom stereocenters. The van der Waals surface area contributed by atoms with E-state index in [1.165, 1.54) is 18.4 Å². The topological polar surface area (TPSA) is 21.6 Å². The van der Waals surface area contributed by atoms with Crippen molar-refractivity contribution in [1.29, 1.82) is 0 Å². The molecule has 0 amide bonds. The van der Waals surface area contributed by atoms with Crippen molar-refractivity contribution in [3.05, 3.63) is 47.5 Å². The molecular weight excluding hydrogens is 222 g/mol. The molecule has 0 N–H and O–H groups in total. The minimum absolute atomic E-state index is 0.555. The molecule has 0 fully saturated rings. The first kappa shape index (κ1) is 12.9. The van der Waals surface area contributed by atoms with Crippen LogP contribution in [0.25, 0.3) is 0 Å². The molecule has 0 aromatic heterocycles. The van der Waals surface area contributed by atoms with Crippen molar-refractivity contribution in [1.82, 2.24) is 0 Å². The molecule has 0 aliphatic heterocycles. The maximum atomic E-state index is 5.43. The normalized spacial score (nSPS) is 20.4. The minimum atomic E-state index is 0.555. The van der Waals surface area contributed by atoms with Crippen LogP contribution in [0.2, 0.25) is 0 Å². The Balaban J connectivity index is 1.82. The Kier molecular flexibility index (Phi) is 4.57. The Morgan fingerprint density at radius 2 is 2.11 bits per heavy atom. The van der Waals surface area contributed by atoms with Crippen molar-refractivity contribution >= 4 is 5.71 Å². The van der Waals surface area contributed by atoms with Crippen LogP contribution in [-0.2, 0) is 11.4 Å². The molecule has 96 valence electrons. The number of nitrogens with zero attached hydrogens (tertiary/aromatic N) is 1. The zero-order chi connectivity index (χ0) is 12.8. The molecule has 1 aliphatic carbocycles. The van der Waals surface area contributed by atoms with Crippen molar-refractivity contribution in [2.75, 3.05) is 0 Å². The first-order valence-corrected chi connectivity index (χ1v) is 6.61. The molecule has 2 rings (SSSR count). The van der Waals surface area contributed by atoms with Gasteiger partial charge in [0.2, 0.25) is 0 Å². The van der Waals surface area contributed by atoms with E-state index in [4.69, 9.17) is 4.84 Å². The first-order chi connectivity index (χ1) is 8.75. The second-order valence-electron chi connectivity index (χ2n) is 5.01. The summed E-state index contributed by atoms with van der Waals surface area (Å²) in [6, 6.07) is 10.2. The van der Waals surface area contributed by atoms with Gasteiger partial charge in [-0.05, 0) is 38.7 Å². The molecule has 0 spiro atoms. The van der Waals surface area contributed by atoms with Gasteiger partial charge in [0.05, 0.1) is 5.71 Å². The number of benzene rings is 1. The highest BCUT2D eigenvalue weighted by Crippen LogP contribution is 2.24. The van der Waals surface area contributed by atoms with Crippen LogP contribution in [0, 0.1) is 5.92 Å². The predicted octanol–water partition coefficient (Wildman–Crippen LogP) is 4.33. The number of hydrogen-bond donors (Lipinski definition) is 0. The van der Waals surface area contributed by atoms with Gasteiger partial charge in [-0.15, -0.1) is 0 Å². The second-order valence-corrected chi connectivity index (χ2v) is 5.01. The highest BCUT2D eigenvalue weighted by atomic mass is 16.6. The summed E-state index contributed by atoms with van der Waals surface area (Å²) in [5.41, 5.74) is 3.78. The molecule has 1 aromatic rings. The fourth-order valence-corrected chi connectivity index (χ4v) is 2.20. The number of hydrogen-bond acceptors (Lipinski definition) is 2. The summed E-state index contributed by atoms with van der Waals surface area (Å²) in [6.07, 6.45) is 5.82. The Labute approximate surface area is 109 Å². The summed E-state index contributed by atoms with van der Waals surface area (Å²) in [6.45, 7) is 4.83. The van der Waals surface area contributed by atoms with Crippen molar-refractivity contribution in [2.24, 2.45) is 11.1 Å². The molecule has 0 radical (unpaired) electrons. The Morgan fingerprint density at radius 1 is 1.33 bits per heavy atom. The van der Waals surface area contributed by atoms with Crippen molar-refractivity contribution in [3.63, 3.8) is 0 Å². The van der Waals surface area contributed by atoms with E-state index in [0.29, 0.717) is 12.5 Å². The monoisotopic (exact) mass is 243 g/mol.